The highest BCUT2D eigenvalue weighted by Gasteiger charge is 2.06. The van der Waals surface area contributed by atoms with Gasteiger partial charge in [0, 0.05) is 11.8 Å². The summed E-state index contributed by atoms with van der Waals surface area (Å²) in [5.74, 6) is 0. The summed E-state index contributed by atoms with van der Waals surface area (Å²) in [7, 11) is 0. The molecule has 4 heteroatoms. The van der Waals surface area contributed by atoms with Crippen molar-refractivity contribution in [3.8, 4) is 11.1 Å². The molecule has 0 aliphatic carbocycles. The maximum atomic E-state index is 6.12. The number of hydrogen-bond donors (Lipinski definition) is 0. The lowest BCUT2D eigenvalue weighted by atomic mass is 10.1. The molecule has 1 aromatic heterocycles. The Kier molecular flexibility index (Phi) is 3.46. The van der Waals surface area contributed by atoms with Gasteiger partial charge < -0.3 is 0 Å². The summed E-state index contributed by atoms with van der Waals surface area (Å²) >= 11 is 7.60. The quantitative estimate of drug-likeness (QED) is 0.460. The zero-order chi connectivity index (χ0) is 11.5. The molecular weight excluding hydrogens is 240 g/mol. The van der Waals surface area contributed by atoms with Crippen LogP contribution in [-0.4, -0.2) is 16.2 Å². The van der Waals surface area contributed by atoms with Crippen molar-refractivity contribution < 1.29 is 0 Å². The molecule has 0 amide bonds. The number of thioether (sulfide) groups is 1. The first-order chi connectivity index (χ1) is 7.70. The zero-order valence-electron chi connectivity index (χ0n) is 9.07. The average molecular weight is 251 g/mol. The smallest absolute Gasteiger partial charge is 0.188 e. The van der Waals surface area contributed by atoms with Crippen LogP contribution in [0.4, 0.5) is 0 Å². The van der Waals surface area contributed by atoms with Crippen LogP contribution in [0.15, 0.2) is 35.6 Å². The number of halogens is 1. The third kappa shape index (κ3) is 2.36. The molecule has 82 valence electrons. The summed E-state index contributed by atoms with van der Waals surface area (Å²) < 4.78 is 0. The van der Waals surface area contributed by atoms with Gasteiger partial charge in [-0.2, -0.15) is 0 Å². The molecule has 2 rings (SSSR count). The van der Waals surface area contributed by atoms with Crippen molar-refractivity contribution in [3.05, 3.63) is 41.2 Å². The van der Waals surface area contributed by atoms with Crippen LogP contribution >= 0.6 is 23.4 Å². The van der Waals surface area contributed by atoms with Crippen LogP contribution in [0, 0.1) is 6.92 Å². The number of aryl methyl sites for hydroxylation is 1. The molecule has 0 aliphatic heterocycles. The Balaban J connectivity index is 2.44. The highest BCUT2D eigenvalue weighted by atomic mass is 35.5. The van der Waals surface area contributed by atoms with Gasteiger partial charge in [0.05, 0.1) is 0 Å². The van der Waals surface area contributed by atoms with Crippen LogP contribution in [0.1, 0.15) is 5.56 Å². The van der Waals surface area contributed by atoms with E-state index in [2.05, 4.69) is 16.9 Å². The summed E-state index contributed by atoms with van der Waals surface area (Å²) in [5, 5.41) is 1.20. The van der Waals surface area contributed by atoms with E-state index in [0.29, 0.717) is 10.3 Å². The molecule has 0 N–H and O–H groups in total. The van der Waals surface area contributed by atoms with E-state index in [1.165, 1.54) is 17.3 Å². The minimum absolute atomic E-state index is 0.503. The fourth-order valence-electron chi connectivity index (χ4n) is 1.37. The SMILES string of the molecule is CSc1ncc(-c2ccc(C)cc2)c(Cl)n1. The molecule has 0 radical (unpaired) electrons. The van der Waals surface area contributed by atoms with Crippen LogP contribution in [0.3, 0.4) is 0 Å². The molecule has 0 saturated heterocycles. The number of hydrogen-bond acceptors (Lipinski definition) is 3. The Morgan fingerprint density at radius 1 is 1.19 bits per heavy atom. The van der Waals surface area contributed by atoms with Crippen molar-refractivity contribution >= 4 is 23.4 Å². The topological polar surface area (TPSA) is 25.8 Å². The molecule has 1 aromatic carbocycles. The fourth-order valence-corrected chi connectivity index (χ4v) is 2.00. The van der Waals surface area contributed by atoms with E-state index in [9.17, 15) is 0 Å². The molecule has 0 spiro atoms. The maximum absolute atomic E-state index is 6.12. The van der Waals surface area contributed by atoms with Gasteiger partial charge in [-0.15, -0.1) is 0 Å². The molecule has 2 aromatic rings. The number of nitrogens with zero attached hydrogens (tertiary/aromatic N) is 2. The summed E-state index contributed by atoms with van der Waals surface area (Å²) in [6.45, 7) is 2.05. The molecule has 0 bridgehead atoms. The molecule has 0 fully saturated rings. The predicted molar refractivity (Wildman–Crippen MR) is 69.0 cm³/mol. The monoisotopic (exact) mass is 250 g/mol. The second-order valence-corrected chi connectivity index (χ2v) is 4.56. The molecule has 0 saturated carbocycles. The number of rotatable bonds is 2. The predicted octanol–water partition coefficient (Wildman–Crippen LogP) is 3.83. The number of aromatic nitrogens is 2. The summed E-state index contributed by atoms with van der Waals surface area (Å²) in [6.07, 6.45) is 3.70. The van der Waals surface area contributed by atoms with Gasteiger partial charge in [0.25, 0.3) is 0 Å². The van der Waals surface area contributed by atoms with Crippen molar-refractivity contribution in [1.29, 1.82) is 0 Å². The Morgan fingerprint density at radius 3 is 2.44 bits per heavy atom. The maximum Gasteiger partial charge on any atom is 0.188 e. The van der Waals surface area contributed by atoms with Gasteiger partial charge in [-0.1, -0.05) is 53.2 Å². The molecule has 16 heavy (non-hydrogen) atoms. The third-order valence-electron chi connectivity index (χ3n) is 2.27. The van der Waals surface area contributed by atoms with Crippen molar-refractivity contribution in [2.75, 3.05) is 6.26 Å². The minimum Gasteiger partial charge on any atom is -0.230 e. The van der Waals surface area contributed by atoms with Crippen LogP contribution in [0.2, 0.25) is 5.15 Å². The van der Waals surface area contributed by atoms with Crippen molar-refractivity contribution in [2.45, 2.75) is 12.1 Å². The summed E-state index contributed by atoms with van der Waals surface area (Å²) in [4.78, 5) is 8.43. The Labute approximate surface area is 104 Å². The standard InChI is InChI=1S/C12H11ClN2S/c1-8-3-5-9(6-4-8)10-7-14-12(16-2)15-11(10)13/h3-7H,1-2H3. The van der Waals surface area contributed by atoms with E-state index in [4.69, 9.17) is 11.6 Å². The normalized spacial score (nSPS) is 10.4. The van der Waals surface area contributed by atoms with Crippen LogP contribution in [0.25, 0.3) is 11.1 Å². The molecule has 0 unspecified atom stereocenters. The lowest BCUT2D eigenvalue weighted by molar-refractivity contribution is 0.973. The first-order valence-corrected chi connectivity index (χ1v) is 6.44. The van der Waals surface area contributed by atoms with Gasteiger partial charge in [0.1, 0.15) is 5.15 Å². The summed E-state index contributed by atoms with van der Waals surface area (Å²) in [5.41, 5.74) is 3.14. The zero-order valence-corrected chi connectivity index (χ0v) is 10.6. The second kappa shape index (κ2) is 4.85. The van der Waals surface area contributed by atoms with E-state index in [1.54, 1.807) is 6.20 Å². The van der Waals surface area contributed by atoms with E-state index < -0.39 is 0 Å². The van der Waals surface area contributed by atoms with Crippen molar-refractivity contribution in [2.24, 2.45) is 0 Å². The first-order valence-electron chi connectivity index (χ1n) is 4.84. The van der Waals surface area contributed by atoms with Gasteiger partial charge in [-0.3, -0.25) is 0 Å². The van der Waals surface area contributed by atoms with Gasteiger partial charge in [0.2, 0.25) is 0 Å². The number of benzene rings is 1. The fraction of sp³-hybridized carbons (Fsp3) is 0.167. The lowest BCUT2D eigenvalue weighted by Gasteiger charge is -2.04. The minimum atomic E-state index is 0.503. The largest absolute Gasteiger partial charge is 0.230 e. The average Bonchev–Trinajstić information content (AvgIpc) is 2.30. The molecular formula is C12H11ClN2S. The highest BCUT2D eigenvalue weighted by Crippen LogP contribution is 2.27. The van der Waals surface area contributed by atoms with E-state index in [1.807, 2.05) is 30.5 Å². The Hall–Kier alpha value is -1.06. The van der Waals surface area contributed by atoms with Crippen molar-refractivity contribution in [3.63, 3.8) is 0 Å². The lowest BCUT2D eigenvalue weighted by Crippen LogP contribution is -1.89. The van der Waals surface area contributed by atoms with Gasteiger partial charge in [-0.25, -0.2) is 9.97 Å². The summed E-state index contributed by atoms with van der Waals surface area (Å²) in [6, 6.07) is 8.15. The van der Waals surface area contributed by atoms with Crippen LogP contribution < -0.4 is 0 Å². The van der Waals surface area contributed by atoms with Gasteiger partial charge >= 0.3 is 0 Å². The van der Waals surface area contributed by atoms with Crippen LogP contribution in [-0.2, 0) is 0 Å². The van der Waals surface area contributed by atoms with Crippen molar-refractivity contribution in [1.82, 2.24) is 9.97 Å². The van der Waals surface area contributed by atoms with E-state index in [-0.39, 0.29) is 0 Å². The third-order valence-corrected chi connectivity index (χ3v) is 3.12. The van der Waals surface area contributed by atoms with Gasteiger partial charge in [0.15, 0.2) is 5.16 Å². The first kappa shape index (κ1) is 11.4. The Bertz CT molecular complexity index is 497. The Morgan fingerprint density at radius 2 is 1.88 bits per heavy atom. The van der Waals surface area contributed by atoms with E-state index in [0.717, 1.165) is 11.1 Å². The molecule has 1 heterocycles. The highest BCUT2D eigenvalue weighted by molar-refractivity contribution is 7.98. The molecule has 0 atom stereocenters. The van der Waals surface area contributed by atoms with Crippen LogP contribution in [0.5, 0.6) is 0 Å². The second-order valence-electron chi connectivity index (χ2n) is 3.43. The van der Waals surface area contributed by atoms with Gasteiger partial charge in [-0.05, 0) is 18.7 Å². The van der Waals surface area contributed by atoms with E-state index >= 15 is 0 Å². The molecule has 2 nitrogen and oxygen atoms in total. The molecule has 0 aliphatic rings.